The molecule has 0 saturated heterocycles. The molecule has 2 heterocycles. The zero-order chi connectivity index (χ0) is 13.6. The summed E-state index contributed by atoms with van der Waals surface area (Å²) >= 11 is 5.92. The largest absolute Gasteiger partial charge is 0.368 e. The third kappa shape index (κ3) is 1.75. The van der Waals surface area contributed by atoms with Gasteiger partial charge in [0.05, 0.1) is 17.1 Å². The Morgan fingerprint density at radius 1 is 1.42 bits per heavy atom. The highest BCUT2D eigenvalue weighted by molar-refractivity contribution is 6.31. The molecule has 2 aromatic heterocycles. The summed E-state index contributed by atoms with van der Waals surface area (Å²) in [5.74, 6) is -0.612. The van der Waals surface area contributed by atoms with Crippen LogP contribution in [0.5, 0.6) is 0 Å². The molecular weight excluding hydrogens is 270 g/mol. The van der Waals surface area contributed by atoms with E-state index < -0.39 is 5.91 Å². The summed E-state index contributed by atoms with van der Waals surface area (Å²) in [6, 6.07) is 4.80. The number of hydrogen-bond donors (Lipinski definition) is 1. The van der Waals surface area contributed by atoms with Gasteiger partial charge in [-0.2, -0.15) is 4.52 Å². The molecule has 0 atom stereocenters. The van der Waals surface area contributed by atoms with E-state index in [1.165, 1.54) is 15.3 Å². The quantitative estimate of drug-likeness (QED) is 0.723. The van der Waals surface area contributed by atoms with Crippen molar-refractivity contribution in [3.05, 3.63) is 39.8 Å². The first-order valence-corrected chi connectivity index (χ1v) is 5.76. The van der Waals surface area contributed by atoms with Gasteiger partial charge in [0.15, 0.2) is 5.65 Å². The number of amides is 1. The Labute approximate surface area is 111 Å². The molecule has 0 saturated carbocycles. The van der Waals surface area contributed by atoms with Crippen molar-refractivity contribution in [1.82, 2.24) is 19.4 Å². The van der Waals surface area contributed by atoms with E-state index in [0.29, 0.717) is 21.6 Å². The number of nitrogens with zero attached hydrogens (tertiary/aromatic N) is 4. The number of halogens is 1. The minimum atomic E-state index is -0.612. The van der Waals surface area contributed by atoms with Crippen LogP contribution in [0.4, 0.5) is 0 Å². The Morgan fingerprint density at radius 3 is 2.95 bits per heavy atom. The van der Waals surface area contributed by atoms with Crippen LogP contribution in [0.1, 0.15) is 0 Å². The molecule has 8 heteroatoms. The lowest BCUT2D eigenvalue weighted by molar-refractivity contribution is -0.118. The van der Waals surface area contributed by atoms with Crippen LogP contribution in [0.25, 0.3) is 16.6 Å². The first kappa shape index (κ1) is 11.7. The highest BCUT2D eigenvalue weighted by Crippen LogP contribution is 2.17. The number of benzene rings is 1. The molecule has 0 spiro atoms. The number of primary amides is 1. The lowest BCUT2D eigenvalue weighted by atomic mass is 10.2. The zero-order valence-corrected chi connectivity index (χ0v) is 10.3. The van der Waals surface area contributed by atoms with Crippen LogP contribution >= 0.6 is 11.6 Å². The molecule has 96 valence electrons. The molecule has 7 nitrogen and oxygen atoms in total. The SMILES string of the molecule is NC(=O)Cn1c(=O)c2ccc(Cl)cc2n2nncc12. The summed E-state index contributed by atoms with van der Waals surface area (Å²) in [5, 5.41) is 8.52. The van der Waals surface area contributed by atoms with Crippen molar-refractivity contribution in [2.45, 2.75) is 6.54 Å². The van der Waals surface area contributed by atoms with Crippen molar-refractivity contribution < 1.29 is 4.79 Å². The van der Waals surface area contributed by atoms with Gasteiger partial charge >= 0.3 is 0 Å². The number of nitrogens with two attached hydrogens (primary N) is 1. The first-order valence-electron chi connectivity index (χ1n) is 5.39. The smallest absolute Gasteiger partial charge is 0.262 e. The van der Waals surface area contributed by atoms with Gasteiger partial charge in [0.25, 0.3) is 5.56 Å². The van der Waals surface area contributed by atoms with Crippen LogP contribution in [0.15, 0.2) is 29.2 Å². The first-order chi connectivity index (χ1) is 9.08. The van der Waals surface area contributed by atoms with Crippen molar-refractivity contribution in [3.63, 3.8) is 0 Å². The fraction of sp³-hybridized carbons (Fsp3) is 0.0909. The number of carbonyl (C=O) groups is 1. The maximum atomic E-state index is 12.3. The van der Waals surface area contributed by atoms with Gasteiger partial charge in [-0.05, 0) is 18.2 Å². The molecule has 0 bridgehead atoms. The highest BCUT2D eigenvalue weighted by atomic mass is 35.5. The lowest BCUT2D eigenvalue weighted by Crippen LogP contribution is -2.29. The second-order valence-corrected chi connectivity index (χ2v) is 4.46. The molecule has 3 rings (SSSR count). The predicted molar refractivity (Wildman–Crippen MR) is 69.0 cm³/mol. The average molecular weight is 278 g/mol. The number of hydrogen-bond acceptors (Lipinski definition) is 4. The predicted octanol–water partition coefficient (Wildman–Crippen LogP) is 0.183. The summed E-state index contributed by atoms with van der Waals surface area (Å²) in [7, 11) is 0. The van der Waals surface area contributed by atoms with Gasteiger partial charge in [0.1, 0.15) is 6.54 Å². The highest BCUT2D eigenvalue weighted by Gasteiger charge is 2.13. The van der Waals surface area contributed by atoms with Crippen molar-refractivity contribution in [1.29, 1.82) is 0 Å². The summed E-state index contributed by atoms with van der Waals surface area (Å²) in [6.07, 6.45) is 1.39. The fourth-order valence-corrected chi connectivity index (χ4v) is 2.17. The summed E-state index contributed by atoms with van der Waals surface area (Å²) in [5.41, 5.74) is 5.74. The van der Waals surface area contributed by atoms with E-state index in [0.717, 1.165) is 0 Å². The molecule has 0 fully saturated rings. The Bertz CT molecular complexity index is 867. The second kappa shape index (κ2) is 4.06. The van der Waals surface area contributed by atoms with Crippen LogP contribution in [-0.4, -0.2) is 25.3 Å². The topological polar surface area (TPSA) is 95.3 Å². The van der Waals surface area contributed by atoms with Crippen molar-refractivity contribution >= 4 is 34.1 Å². The van der Waals surface area contributed by atoms with Crippen molar-refractivity contribution in [2.24, 2.45) is 5.73 Å². The third-order valence-electron chi connectivity index (χ3n) is 2.79. The van der Waals surface area contributed by atoms with Crippen LogP contribution in [0.3, 0.4) is 0 Å². The van der Waals surface area contributed by atoms with E-state index in [9.17, 15) is 9.59 Å². The van der Waals surface area contributed by atoms with Crippen LogP contribution in [-0.2, 0) is 11.3 Å². The maximum Gasteiger partial charge on any atom is 0.262 e. The van der Waals surface area contributed by atoms with E-state index in [-0.39, 0.29) is 12.1 Å². The molecule has 1 aromatic carbocycles. The monoisotopic (exact) mass is 277 g/mol. The molecule has 0 aliphatic heterocycles. The summed E-state index contributed by atoms with van der Waals surface area (Å²) in [4.78, 5) is 23.4. The standard InChI is InChI=1S/C11H8ClN5O2/c12-6-1-2-7-8(3-6)17-10(4-14-15-17)16(11(7)19)5-9(13)18/h1-4H,5H2,(H2,13,18). The third-order valence-corrected chi connectivity index (χ3v) is 3.02. The molecule has 0 aliphatic carbocycles. The minimum absolute atomic E-state index is 0.228. The van der Waals surface area contributed by atoms with Crippen LogP contribution < -0.4 is 11.3 Å². The van der Waals surface area contributed by atoms with Crippen molar-refractivity contribution in [2.75, 3.05) is 0 Å². The van der Waals surface area contributed by atoms with Gasteiger partial charge in [-0.15, -0.1) is 5.10 Å². The Morgan fingerprint density at radius 2 is 2.21 bits per heavy atom. The van der Waals surface area contributed by atoms with Crippen LogP contribution in [0.2, 0.25) is 5.02 Å². The Hall–Kier alpha value is -2.41. The Balaban J connectivity index is 2.51. The fourth-order valence-electron chi connectivity index (χ4n) is 2.00. The number of carbonyl (C=O) groups excluding carboxylic acids is 1. The number of aromatic nitrogens is 4. The normalized spacial score (nSPS) is 11.2. The molecule has 0 radical (unpaired) electrons. The van der Waals surface area contributed by atoms with Gasteiger partial charge in [-0.25, -0.2) is 0 Å². The number of rotatable bonds is 2. The molecule has 3 aromatic rings. The van der Waals surface area contributed by atoms with Gasteiger partial charge < -0.3 is 5.73 Å². The van der Waals surface area contributed by atoms with E-state index in [1.807, 2.05) is 0 Å². The lowest BCUT2D eigenvalue weighted by Gasteiger charge is -2.08. The average Bonchev–Trinajstić information content (AvgIpc) is 2.83. The van der Waals surface area contributed by atoms with Gasteiger partial charge in [0.2, 0.25) is 5.91 Å². The van der Waals surface area contributed by atoms with E-state index in [1.54, 1.807) is 18.2 Å². The minimum Gasteiger partial charge on any atom is -0.368 e. The van der Waals surface area contributed by atoms with Gasteiger partial charge in [0, 0.05) is 5.02 Å². The second-order valence-electron chi connectivity index (χ2n) is 4.02. The summed E-state index contributed by atoms with van der Waals surface area (Å²) < 4.78 is 2.68. The summed E-state index contributed by atoms with van der Waals surface area (Å²) in [6.45, 7) is -0.228. The number of fused-ring (bicyclic) bond motifs is 3. The molecular formula is C11H8ClN5O2. The van der Waals surface area contributed by atoms with Crippen LogP contribution in [0, 0.1) is 0 Å². The van der Waals surface area contributed by atoms with Crippen molar-refractivity contribution in [3.8, 4) is 0 Å². The van der Waals surface area contributed by atoms with Gasteiger partial charge in [-0.3, -0.25) is 14.2 Å². The Kier molecular flexibility index (Phi) is 2.49. The molecule has 1 amide bonds. The van der Waals surface area contributed by atoms with E-state index in [2.05, 4.69) is 10.3 Å². The molecule has 19 heavy (non-hydrogen) atoms. The van der Waals surface area contributed by atoms with E-state index in [4.69, 9.17) is 17.3 Å². The molecule has 0 aliphatic rings. The zero-order valence-electron chi connectivity index (χ0n) is 9.58. The maximum absolute atomic E-state index is 12.3. The molecule has 0 unspecified atom stereocenters. The van der Waals surface area contributed by atoms with E-state index >= 15 is 0 Å². The van der Waals surface area contributed by atoms with Gasteiger partial charge in [-0.1, -0.05) is 16.8 Å². The molecule has 2 N–H and O–H groups in total.